The third-order valence-corrected chi connectivity index (χ3v) is 5.77. The number of fused-ring (bicyclic) bond motifs is 1. The highest BCUT2D eigenvalue weighted by atomic mass is 32.1. The van der Waals surface area contributed by atoms with Crippen LogP contribution in [0.4, 0.5) is 10.5 Å². The molecular weight excluding hydrogens is 372 g/mol. The SMILES string of the molecule is O=C(NC[C@](O)(c1ccsc1)c1cccs1)Nc1ccc2c(c1)OCO2. The zero-order chi connectivity index (χ0) is 18.0. The number of carbonyl (C=O) groups is 1. The van der Waals surface area contributed by atoms with Gasteiger partial charge in [-0.25, -0.2) is 4.79 Å². The van der Waals surface area contributed by atoms with Crippen LogP contribution in [0.3, 0.4) is 0 Å². The minimum Gasteiger partial charge on any atom is -0.454 e. The van der Waals surface area contributed by atoms with Gasteiger partial charge >= 0.3 is 6.03 Å². The normalized spacial score (nSPS) is 14.7. The Morgan fingerprint density at radius 1 is 1.19 bits per heavy atom. The molecular formula is C18H16N2O4S2. The summed E-state index contributed by atoms with van der Waals surface area (Å²) in [6.45, 7) is 0.236. The van der Waals surface area contributed by atoms with Gasteiger partial charge in [-0.1, -0.05) is 6.07 Å². The fourth-order valence-corrected chi connectivity index (χ4v) is 4.27. The molecule has 0 spiro atoms. The molecule has 0 radical (unpaired) electrons. The van der Waals surface area contributed by atoms with E-state index in [0.29, 0.717) is 17.2 Å². The minimum atomic E-state index is -1.26. The summed E-state index contributed by atoms with van der Waals surface area (Å²) in [6.07, 6.45) is 0. The first-order chi connectivity index (χ1) is 12.6. The minimum absolute atomic E-state index is 0.0562. The Morgan fingerprint density at radius 2 is 2.08 bits per heavy atom. The first kappa shape index (κ1) is 16.9. The lowest BCUT2D eigenvalue weighted by Crippen LogP contribution is -2.42. The Bertz CT molecular complexity index is 860. The van der Waals surface area contributed by atoms with Gasteiger partial charge in [-0.3, -0.25) is 0 Å². The Labute approximate surface area is 158 Å². The number of nitrogens with one attached hydrogen (secondary N) is 2. The summed E-state index contributed by atoms with van der Waals surface area (Å²) in [4.78, 5) is 13.1. The third-order valence-electron chi connectivity index (χ3n) is 4.06. The van der Waals surface area contributed by atoms with E-state index in [-0.39, 0.29) is 13.3 Å². The number of hydrogen-bond donors (Lipinski definition) is 3. The molecule has 3 heterocycles. The molecule has 0 aliphatic carbocycles. The van der Waals surface area contributed by atoms with Gasteiger partial charge in [-0.2, -0.15) is 11.3 Å². The maximum Gasteiger partial charge on any atom is 0.319 e. The lowest BCUT2D eigenvalue weighted by molar-refractivity contribution is 0.0871. The average molecular weight is 388 g/mol. The number of hydrogen-bond acceptors (Lipinski definition) is 6. The van der Waals surface area contributed by atoms with Crippen molar-refractivity contribution in [2.24, 2.45) is 0 Å². The molecule has 1 atom stereocenters. The van der Waals surface area contributed by atoms with Crippen molar-refractivity contribution < 1.29 is 19.4 Å². The quantitative estimate of drug-likeness (QED) is 0.624. The molecule has 3 N–H and O–H groups in total. The van der Waals surface area contributed by atoms with Gasteiger partial charge in [0.1, 0.15) is 5.60 Å². The van der Waals surface area contributed by atoms with Crippen molar-refractivity contribution in [1.82, 2.24) is 5.32 Å². The van der Waals surface area contributed by atoms with E-state index in [4.69, 9.17) is 9.47 Å². The second kappa shape index (κ2) is 6.99. The molecule has 1 aliphatic rings. The first-order valence-corrected chi connectivity index (χ1v) is 9.71. The van der Waals surface area contributed by atoms with Crippen molar-refractivity contribution in [3.8, 4) is 11.5 Å². The van der Waals surface area contributed by atoms with Crippen LogP contribution in [-0.4, -0.2) is 24.5 Å². The van der Waals surface area contributed by atoms with Crippen molar-refractivity contribution >= 4 is 34.4 Å². The highest BCUT2D eigenvalue weighted by Gasteiger charge is 2.33. The number of thiophene rings is 2. The van der Waals surface area contributed by atoms with Crippen molar-refractivity contribution in [2.75, 3.05) is 18.7 Å². The van der Waals surface area contributed by atoms with Crippen LogP contribution in [0, 0.1) is 0 Å². The van der Waals surface area contributed by atoms with Crippen LogP contribution in [0.25, 0.3) is 0 Å². The second-order valence-corrected chi connectivity index (χ2v) is 7.45. The fraction of sp³-hybridized carbons (Fsp3) is 0.167. The molecule has 0 bridgehead atoms. The molecule has 2 amide bonds. The molecule has 26 heavy (non-hydrogen) atoms. The molecule has 134 valence electrons. The Kier molecular flexibility index (Phi) is 4.54. The maximum absolute atomic E-state index is 12.3. The van der Waals surface area contributed by atoms with Gasteiger partial charge < -0.3 is 25.2 Å². The van der Waals surface area contributed by atoms with Gasteiger partial charge in [0.05, 0.1) is 6.54 Å². The number of anilines is 1. The smallest absolute Gasteiger partial charge is 0.319 e. The summed E-state index contributed by atoms with van der Waals surface area (Å²) < 4.78 is 10.6. The van der Waals surface area contributed by atoms with Gasteiger partial charge in [0, 0.05) is 22.2 Å². The summed E-state index contributed by atoms with van der Waals surface area (Å²) >= 11 is 2.95. The molecule has 8 heteroatoms. The van der Waals surface area contributed by atoms with Gasteiger partial charge in [-0.05, 0) is 40.4 Å². The Morgan fingerprint density at radius 3 is 2.85 bits per heavy atom. The van der Waals surface area contributed by atoms with Crippen molar-refractivity contribution in [3.05, 3.63) is 63.0 Å². The fourth-order valence-electron chi connectivity index (χ4n) is 2.70. The number of amides is 2. The number of aliphatic hydroxyl groups is 1. The van der Waals surface area contributed by atoms with Crippen molar-refractivity contribution in [2.45, 2.75) is 5.60 Å². The lowest BCUT2D eigenvalue weighted by Gasteiger charge is -2.27. The van der Waals surface area contributed by atoms with E-state index in [0.717, 1.165) is 10.4 Å². The summed E-state index contributed by atoms with van der Waals surface area (Å²) in [5.74, 6) is 1.25. The standard InChI is InChI=1S/C18H16N2O4S2/c21-17(20-13-3-4-14-15(8-13)24-11-23-14)19-10-18(22,12-5-7-25-9-12)16-2-1-6-26-16/h1-9,22H,10-11H2,(H2,19,20,21)/t18-/m0/s1. The van der Waals surface area contributed by atoms with Crippen LogP contribution in [0.15, 0.2) is 52.5 Å². The molecule has 3 aromatic rings. The summed E-state index contributed by atoms with van der Waals surface area (Å²) in [5, 5.41) is 22.4. The van der Waals surface area contributed by atoms with E-state index < -0.39 is 11.6 Å². The molecule has 0 fully saturated rings. The third kappa shape index (κ3) is 3.26. The van der Waals surface area contributed by atoms with Gasteiger partial charge in [0.15, 0.2) is 11.5 Å². The Hall–Kier alpha value is -2.55. The molecule has 1 aromatic carbocycles. The average Bonchev–Trinajstić information content (AvgIpc) is 3.41. The van der Waals surface area contributed by atoms with E-state index >= 15 is 0 Å². The van der Waals surface area contributed by atoms with Crippen LogP contribution >= 0.6 is 22.7 Å². The lowest BCUT2D eigenvalue weighted by atomic mass is 9.94. The van der Waals surface area contributed by atoms with E-state index in [1.54, 1.807) is 18.2 Å². The Balaban J connectivity index is 1.45. The molecule has 1 aliphatic heterocycles. The van der Waals surface area contributed by atoms with Crippen LogP contribution in [0.2, 0.25) is 0 Å². The highest BCUT2D eigenvalue weighted by Crippen LogP contribution is 2.35. The molecule has 6 nitrogen and oxygen atoms in total. The molecule has 0 saturated carbocycles. The van der Waals surface area contributed by atoms with E-state index in [2.05, 4.69) is 10.6 Å². The predicted molar refractivity (Wildman–Crippen MR) is 101 cm³/mol. The molecule has 4 rings (SSSR count). The zero-order valence-corrected chi connectivity index (χ0v) is 15.2. The number of ether oxygens (including phenoxy) is 2. The number of urea groups is 1. The van der Waals surface area contributed by atoms with Crippen molar-refractivity contribution in [1.29, 1.82) is 0 Å². The number of carbonyl (C=O) groups excluding carboxylic acids is 1. The molecule has 2 aromatic heterocycles. The second-order valence-electron chi connectivity index (χ2n) is 5.73. The van der Waals surface area contributed by atoms with Gasteiger partial charge in [0.2, 0.25) is 6.79 Å². The number of rotatable bonds is 5. The molecule has 0 saturated heterocycles. The van der Waals surface area contributed by atoms with Gasteiger partial charge in [-0.15, -0.1) is 11.3 Å². The first-order valence-electron chi connectivity index (χ1n) is 7.89. The summed E-state index contributed by atoms with van der Waals surface area (Å²) in [7, 11) is 0. The van der Waals surface area contributed by atoms with Crippen LogP contribution in [-0.2, 0) is 5.60 Å². The topological polar surface area (TPSA) is 79.8 Å². The predicted octanol–water partition coefficient (Wildman–Crippen LogP) is 3.60. The van der Waals surface area contributed by atoms with Crippen LogP contribution < -0.4 is 20.1 Å². The van der Waals surface area contributed by atoms with Crippen LogP contribution in [0.1, 0.15) is 10.4 Å². The summed E-state index contributed by atoms with van der Waals surface area (Å²) in [6, 6.07) is 10.4. The largest absolute Gasteiger partial charge is 0.454 e. The summed E-state index contributed by atoms with van der Waals surface area (Å²) in [5.41, 5.74) is 0.0793. The van der Waals surface area contributed by atoms with E-state index in [9.17, 15) is 9.90 Å². The van der Waals surface area contributed by atoms with Crippen molar-refractivity contribution in [3.63, 3.8) is 0 Å². The van der Waals surface area contributed by atoms with E-state index in [1.807, 2.05) is 34.3 Å². The van der Waals surface area contributed by atoms with E-state index in [1.165, 1.54) is 22.7 Å². The maximum atomic E-state index is 12.3. The molecule has 0 unspecified atom stereocenters. The zero-order valence-electron chi connectivity index (χ0n) is 13.6. The van der Waals surface area contributed by atoms with Gasteiger partial charge in [0.25, 0.3) is 0 Å². The number of benzene rings is 1. The van der Waals surface area contributed by atoms with Crippen LogP contribution in [0.5, 0.6) is 11.5 Å². The highest BCUT2D eigenvalue weighted by molar-refractivity contribution is 7.10. The monoisotopic (exact) mass is 388 g/mol.